The zero-order chi connectivity index (χ0) is 12.3. The number of hydrogen-bond acceptors (Lipinski definition) is 3. The van der Waals surface area contributed by atoms with Crippen LogP contribution >= 0.6 is 0 Å². The molecule has 0 aromatic rings. The molecule has 2 atom stereocenters. The van der Waals surface area contributed by atoms with Crippen LogP contribution in [-0.2, 0) is 4.74 Å². The molecule has 0 radical (unpaired) electrons. The lowest BCUT2D eigenvalue weighted by Gasteiger charge is -2.44. The summed E-state index contributed by atoms with van der Waals surface area (Å²) in [5.41, 5.74) is 5.97. The van der Waals surface area contributed by atoms with E-state index in [-0.39, 0.29) is 11.5 Å². The van der Waals surface area contributed by atoms with E-state index in [1.807, 2.05) is 0 Å². The summed E-state index contributed by atoms with van der Waals surface area (Å²) in [7, 11) is 0. The largest absolute Gasteiger partial charge is 0.392 e. The van der Waals surface area contributed by atoms with Gasteiger partial charge in [-0.05, 0) is 38.0 Å². The molecule has 1 saturated carbocycles. The number of ether oxygens (including phenoxy) is 1. The van der Waals surface area contributed by atoms with Gasteiger partial charge >= 0.3 is 0 Å². The molecule has 3 heteroatoms. The van der Waals surface area contributed by atoms with E-state index >= 15 is 0 Å². The summed E-state index contributed by atoms with van der Waals surface area (Å²) >= 11 is 0. The van der Waals surface area contributed by atoms with Gasteiger partial charge in [-0.3, -0.25) is 0 Å². The SMILES string of the molecule is CCC1CCC(CN)(C(O)C2CCOC2)CC1. The minimum Gasteiger partial charge on any atom is -0.392 e. The monoisotopic (exact) mass is 241 g/mol. The van der Waals surface area contributed by atoms with Crippen LogP contribution < -0.4 is 5.73 Å². The normalized spacial score (nSPS) is 40.4. The molecule has 2 aliphatic rings. The number of aliphatic hydroxyl groups excluding tert-OH is 1. The van der Waals surface area contributed by atoms with Crippen LogP contribution in [0.5, 0.6) is 0 Å². The standard InChI is InChI=1S/C14H27NO2/c1-2-11-3-6-14(10-15,7-4-11)13(16)12-5-8-17-9-12/h11-13,16H,2-10,15H2,1H3. The molecule has 1 saturated heterocycles. The highest BCUT2D eigenvalue weighted by Gasteiger charge is 2.44. The van der Waals surface area contributed by atoms with Gasteiger partial charge in [0, 0.05) is 24.5 Å². The highest BCUT2D eigenvalue weighted by molar-refractivity contribution is 4.95. The second kappa shape index (κ2) is 5.68. The van der Waals surface area contributed by atoms with E-state index < -0.39 is 0 Å². The summed E-state index contributed by atoms with van der Waals surface area (Å²) in [4.78, 5) is 0. The zero-order valence-electron chi connectivity index (χ0n) is 11.0. The van der Waals surface area contributed by atoms with Crippen molar-refractivity contribution in [1.29, 1.82) is 0 Å². The van der Waals surface area contributed by atoms with E-state index in [1.165, 1.54) is 19.3 Å². The Kier molecular flexibility index (Phi) is 4.45. The van der Waals surface area contributed by atoms with Crippen molar-refractivity contribution < 1.29 is 9.84 Å². The van der Waals surface area contributed by atoms with Crippen LogP contribution in [0.2, 0.25) is 0 Å². The predicted molar refractivity (Wildman–Crippen MR) is 68.7 cm³/mol. The Labute approximate surface area is 105 Å². The molecule has 0 aromatic heterocycles. The van der Waals surface area contributed by atoms with Crippen molar-refractivity contribution in [1.82, 2.24) is 0 Å². The van der Waals surface area contributed by atoms with Gasteiger partial charge in [0.25, 0.3) is 0 Å². The Morgan fingerprint density at radius 3 is 2.53 bits per heavy atom. The van der Waals surface area contributed by atoms with E-state index in [0.29, 0.717) is 12.5 Å². The maximum atomic E-state index is 10.6. The van der Waals surface area contributed by atoms with Gasteiger partial charge in [-0.15, -0.1) is 0 Å². The van der Waals surface area contributed by atoms with Crippen molar-refractivity contribution in [2.75, 3.05) is 19.8 Å². The van der Waals surface area contributed by atoms with Crippen LogP contribution in [-0.4, -0.2) is 31.0 Å². The van der Waals surface area contributed by atoms with Gasteiger partial charge in [-0.2, -0.15) is 0 Å². The zero-order valence-corrected chi connectivity index (χ0v) is 11.0. The molecular weight excluding hydrogens is 214 g/mol. The van der Waals surface area contributed by atoms with E-state index in [0.717, 1.165) is 38.4 Å². The molecule has 100 valence electrons. The molecule has 1 aliphatic carbocycles. The van der Waals surface area contributed by atoms with Crippen LogP contribution in [0.15, 0.2) is 0 Å². The van der Waals surface area contributed by atoms with Crippen molar-refractivity contribution >= 4 is 0 Å². The van der Waals surface area contributed by atoms with E-state index in [1.54, 1.807) is 0 Å². The van der Waals surface area contributed by atoms with E-state index in [2.05, 4.69) is 6.92 Å². The fourth-order valence-corrected chi connectivity index (χ4v) is 3.58. The lowest BCUT2D eigenvalue weighted by atomic mass is 9.64. The van der Waals surface area contributed by atoms with E-state index in [9.17, 15) is 5.11 Å². The fraction of sp³-hybridized carbons (Fsp3) is 1.00. The van der Waals surface area contributed by atoms with Gasteiger partial charge in [-0.25, -0.2) is 0 Å². The summed E-state index contributed by atoms with van der Waals surface area (Å²) in [5.74, 6) is 1.17. The van der Waals surface area contributed by atoms with Crippen LogP contribution in [0.25, 0.3) is 0 Å². The number of aliphatic hydroxyl groups is 1. The van der Waals surface area contributed by atoms with Crippen molar-refractivity contribution in [2.24, 2.45) is 23.0 Å². The topological polar surface area (TPSA) is 55.5 Å². The van der Waals surface area contributed by atoms with Gasteiger partial charge in [0.05, 0.1) is 12.7 Å². The lowest BCUT2D eigenvalue weighted by Crippen LogP contribution is -2.48. The van der Waals surface area contributed by atoms with Gasteiger partial charge in [0.15, 0.2) is 0 Å². The van der Waals surface area contributed by atoms with Crippen molar-refractivity contribution in [2.45, 2.75) is 51.6 Å². The highest BCUT2D eigenvalue weighted by Crippen LogP contribution is 2.44. The maximum Gasteiger partial charge on any atom is 0.0659 e. The van der Waals surface area contributed by atoms with Gasteiger partial charge in [0.1, 0.15) is 0 Å². The first kappa shape index (κ1) is 13.3. The average molecular weight is 241 g/mol. The van der Waals surface area contributed by atoms with Gasteiger partial charge < -0.3 is 15.6 Å². The van der Waals surface area contributed by atoms with Gasteiger partial charge in [0.2, 0.25) is 0 Å². The average Bonchev–Trinajstić information content (AvgIpc) is 2.92. The summed E-state index contributed by atoms with van der Waals surface area (Å²) in [5, 5.41) is 10.6. The summed E-state index contributed by atoms with van der Waals surface area (Å²) in [6, 6.07) is 0. The Morgan fingerprint density at radius 1 is 1.35 bits per heavy atom. The molecule has 17 heavy (non-hydrogen) atoms. The molecule has 0 aromatic carbocycles. The summed E-state index contributed by atoms with van der Waals surface area (Å²) in [6.07, 6.45) is 6.67. The number of nitrogens with two attached hydrogens (primary N) is 1. The number of hydrogen-bond donors (Lipinski definition) is 2. The molecule has 0 spiro atoms. The molecule has 2 rings (SSSR count). The van der Waals surface area contributed by atoms with Crippen molar-refractivity contribution in [3.05, 3.63) is 0 Å². The molecule has 1 heterocycles. The Morgan fingerprint density at radius 2 is 2.06 bits per heavy atom. The molecule has 3 N–H and O–H groups in total. The molecule has 0 amide bonds. The first-order valence-electron chi connectivity index (χ1n) is 7.17. The first-order valence-corrected chi connectivity index (χ1v) is 7.17. The number of rotatable bonds is 4. The minimum absolute atomic E-state index is 0.0238. The second-order valence-electron chi connectivity index (χ2n) is 5.99. The van der Waals surface area contributed by atoms with Crippen LogP contribution in [0.1, 0.15) is 45.4 Å². The Bertz CT molecular complexity index is 230. The fourth-order valence-electron chi connectivity index (χ4n) is 3.58. The molecular formula is C14H27NO2. The quantitative estimate of drug-likeness (QED) is 0.790. The predicted octanol–water partition coefficient (Wildman–Crippen LogP) is 1.93. The third kappa shape index (κ3) is 2.67. The van der Waals surface area contributed by atoms with Crippen LogP contribution in [0.4, 0.5) is 0 Å². The third-order valence-electron chi connectivity index (χ3n) is 5.12. The molecule has 1 aliphatic heterocycles. The van der Waals surface area contributed by atoms with Crippen molar-refractivity contribution in [3.63, 3.8) is 0 Å². The summed E-state index contributed by atoms with van der Waals surface area (Å²) < 4.78 is 5.40. The summed E-state index contributed by atoms with van der Waals surface area (Å²) in [6.45, 7) is 4.42. The third-order valence-corrected chi connectivity index (χ3v) is 5.12. The first-order chi connectivity index (χ1) is 8.22. The van der Waals surface area contributed by atoms with Crippen LogP contribution in [0.3, 0.4) is 0 Å². The Hall–Kier alpha value is -0.120. The van der Waals surface area contributed by atoms with Crippen molar-refractivity contribution in [3.8, 4) is 0 Å². The lowest BCUT2D eigenvalue weighted by molar-refractivity contribution is -0.0461. The second-order valence-corrected chi connectivity index (χ2v) is 5.99. The van der Waals surface area contributed by atoms with Gasteiger partial charge in [-0.1, -0.05) is 13.3 Å². The Balaban J connectivity index is 1.99. The van der Waals surface area contributed by atoms with E-state index in [4.69, 9.17) is 10.5 Å². The maximum absolute atomic E-state index is 10.6. The van der Waals surface area contributed by atoms with Crippen LogP contribution in [0, 0.1) is 17.3 Å². The minimum atomic E-state index is -0.257. The molecule has 3 nitrogen and oxygen atoms in total. The molecule has 0 bridgehead atoms. The highest BCUT2D eigenvalue weighted by atomic mass is 16.5. The smallest absolute Gasteiger partial charge is 0.0659 e. The molecule has 2 unspecified atom stereocenters. The molecule has 2 fully saturated rings.